The molecule has 148 valence electrons. The Labute approximate surface area is 158 Å². The van der Waals surface area contributed by atoms with Gasteiger partial charge in [-0.15, -0.1) is 8.78 Å². The molecule has 1 amide bonds. The Balaban J connectivity index is 1.35. The van der Waals surface area contributed by atoms with E-state index in [1.807, 2.05) is 0 Å². The Morgan fingerprint density at radius 3 is 2.75 bits per heavy atom. The first kappa shape index (κ1) is 17.4. The maximum Gasteiger partial charge on any atom is 0.586 e. The number of benzene rings is 1. The van der Waals surface area contributed by atoms with E-state index < -0.39 is 12.4 Å². The van der Waals surface area contributed by atoms with Gasteiger partial charge in [0.05, 0.1) is 17.7 Å². The molecule has 5 rings (SSSR count). The summed E-state index contributed by atoms with van der Waals surface area (Å²) in [5.41, 5.74) is 0.0571. The van der Waals surface area contributed by atoms with Gasteiger partial charge in [-0.3, -0.25) is 4.79 Å². The molecule has 1 N–H and O–H groups in total. The lowest BCUT2D eigenvalue weighted by Gasteiger charge is -2.34. The molecule has 0 bridgehead atoms. The quantitative estimate of drug-likeness (QED) is 0.837. The lowest BCUT2D eigenvalue weighted by molar-refractivity contribution is -0.286. The first-order valence-corrected chi connectivity index (χ1v) is 9.11. The summed E-state index contributed by atoms with van der Waals surface area (Å²) in [6.07, 6.45) is -0.122. The van der Waals surface area contributed by atoms with Gasteiger partial charge < -0.3 is 19.5 Å². The fourth-order valence-corrected chi connectivity index (χ4v) is 4.55. The Morgan fingerprint density at radius 2 is 2.00 bits per heavy atom. The van der Waals surface area contributed by atoms with Crippen molar-refractivity contribution < 1.29 is 28.2 Å². The molecule has 2 aliphatic heterocycles. The second-order valence-corrected chi connectivity index (χ2v) is 7.51. The number of fused-ring (bicyclic) bond motifs is 2. The summed E-state index contributed by atoms with van der Waals surface area (Å²) >= 11 is 0. The van der Waals surface area contributed by atoms with E-state index in [0.29, 0.717) is 25.9 Å². The van der Waals surface area contributed by atoms with Crippen LogP contribution in [0.3, 0.4) is 0 Å². The molecule has 1 aliphatic carbocycles. The summed E-state index contributed by atoms with van der Waals surface area (Å²) in [5.74, 6) is -0.410. The number of hydrogen-bond donors (Lipinski definition) is 1. The minimum absolute atomic E-state index is 0.0571. The maximum absolute atomic E-state index is 13.4. The zero-order chi connectivity index (χ0) is 19.5. The molecule has 1 aromatic carbocycles. The largest absolute Gasteiger partial charge is 0.586 e. The van der Waals surface area contributed by atoms with Gasteiger partial charge in [-0.2, -0.15) is 5.10 Å². The third-order valence-electron chi connectivity index (χ3n) is 5.83. The highest BCUT2D eigenvalue weighted by molar-refractivity contribution is 5.98. The van der Waals surface area contributed by atoms with Crippen molar-refractivity contribution in [1.29, 1.82) is 0 Å². The number of para-hydroxylation sites is 1. The molecule has 1 aromatic heterocycles. The van der Waals surface area contributed by atoms with Crippen LogP contribution in [0, 0.1) is 11.8 Å². The number of carbonyl (C=O) groups is 1. The minimum Gasteiger partial charge on any atom is -0.395 e. The number of carbonyl (C=O) groups excluding carboxylic acids is 1. The number of likely N-dealkylation sites (tertiary alicyclic amines) is 1. The number of aliphatic hydroxyl groups is 1. The van der Waals surface area contributed by atoms with Crippen LogP contribution in [0.1, 0.15) is 29.2 Å². The number of rotatable bonds is 2. The Morgan fingerprint density at radius 1 is 1.21 bits per heavy atom. The molecule has 0 unspecified atom stereocenters. The topological polar surface area (TPSA) is 89.7 Å². The van der Waals surface area contributed by atoms with Crippen molar-refractivity contribution >= 4 is 5.91 Å². The van der Waals surface area contributed by atoms with E-state index in [9.17, 15) is 18.7 Å². The van der Waals surface area contributed by atoms with E-state index >= 15 is 0 Å². The maximum atomic E-state index is 13.4. The normalized spacial score (nSPS) is 30.3. The van der Waals surface area contributed by atoms with Gasteiger partial charge in [0.15, 0.2) is 11.5 Å². The van der Waals surface area contributed by atoms with Crippen LogP contribution >= 0.6 is 0 Å². The number of aromatic nitrogens is 3. The Bertz CT molecular complexity index is 907. The summed E-state index contributed by atoms with van der Waals surface area (Å²) in [6, 6.07) is 4.11. The van der Waals surface area contributed by atoms with Gasteiger partial charge in [0.25, 0.3) is 5.91 Å². The van der Waals surface area contributed by atoms with Crippen molar-refractivity contribution in [2.75, 3.05) is 13.1 Å². The molecule has 8 nitrogen and oxygen atoms in total. The van der Waals surface area contributed by atoms with Gasteiger partial charge in [-0.25, -0.2) is 9.67 Å². The van der Waals surface area contributed by atoms with E-state index in [2.05, 4.69) is 19.6 Å². The van der Waals surface area contributed by atoms with E-state index in [0.717, 1.165) is 0 Å². The van der Waals surface area contributed by atoms with Crippen molar-refractivity contribution in [1.82, 2.24) is 19.7 Å². The third kappa shape index (κ3) is 2.79. The van der Waals surface area contributed by atoms with E-state index in [-0.39, 0.29) is 40.8 Å². The van der Waals surface area contributed by atoms with Crippen LogP contribution in [-0.2, 0) is 0 Å². The molecule has 0 radical (unpaired) electrons. The highest BCUT2D eigenvalue weighted by Crippen LogP contribution is 2.45. The van der Waals surface area contributed by atoms with Crippen molar-refractivity contribution in [2.24, 2.45) is 11.8 Å². The summed E-state index contributed by atoms with van der Waals surface area (Å²) in [7, 11) is 0. The fraction of sp³-hybridized carbons (Fsp3) is 0.500. The molecule has 1 saturated carbocycles. The minimum atomic E-state index is -3.77. The van der Waals surface area contributed by atoms with Crippen LogP contribution in [0.4, 0.5) is 8.78 Å². The van der Waals surface area contributed by atoms with Crippen molar-refractivity contribution in [3.05, 3.63) is 36.4 Å². The predicted octanol–water partition coefficient (Wildman–Crippen LogP) is 1.68. The molecule has 3 aliphatic rings. The Hall–Kier alpha value is -2.75. The zero-order valence-electron chi connectivity index (χ0n) is 14.7. The van der Waals surface area contributed by atoms with Crippen LogP contribution in [-0.4, -0.2) is 56.2 Å². The van der Waals surface area contributed by atoms with Crippen LogP contribution in [0.15, 0.2) is 30.9 Å². The molecule has 2 aromatic rings. The molecule has 4 atom stereocenters. The van der Waals surface area contributed by atoms with Gasteiger partial charge in [0.1, 0.15) is 12.7 Å². The summed E-state index contributed by atoms with van der Waals surface area (Å²) < 4.78 is 37.5. The number of alkyl halides is 2. The average Bonchev–Trinajstić information content (AvgIpc) is 3.36. The number of amides is 1. The lowest BCUT2D eigenvalue weighted by Crippen LogP contribution is -2.36. The van der Waals surface area contributed by atoms with Crippen molar-refractivity contribution in [2.45, 2.75) is 31.3 Å². The van der Waals surface area contributed by atoms with Gasteiger partial charge in [0, 0.05) is 13.1 Å². The van der Waals surface area contributed by atoms with E-state index in [1.165, 1.54) is 24.5 Å². The molecule has 3 heterocycles. The number of aliphatic hydroxyl groups excluding tert-OH is 1. The van der Waals surface area contributed by atoms with Crippen LogP contribution in [0.2, 0.25) is 0 Å². The molecule has 10 heteroatoms. The van der Waals surface area contributed by atoms with E-state index in [4.69, 9.17) is 0 Å². The number of nitrogens with zero attached hydrogens (tertiary/aromatic N) is 4. The van der Waals surface area contributed by atoms with Gasteiger partial charge in [-0.1, -0.05) is 6.07 Å². The smallest absolute Gasteiger partial charge is 0.395 e. The molecule has 0 spiro atoms. The number of ether oxygens (including phenoxy) is 2. The molecule has 28 heavy (non-hydrogen) atoms. The second kappa shape index (κ2) is 6.13. The summed E-state index contributed by atoms with van der Waals surface area (Å²) in [4.78, 5) is 18.6. The zero-order valence-corrected chi connectivity index (χ0v) is 14.7. The Kier molecular flexibility index (Phi) is 3.80. The van der Waals surface area contributed by atoms with Crippen molar-refractivity contribution in [3.8, 4) is 11.5 Å². The monoisotopic (exact) mass is 392 g/mol. The molecular weight excluding hydrogens is 374 g/mol. The number of halogens is 2. The van der Waals surface area contributed by atoms with E-state index in [1.54, 1.807) is 15.9 Å². The molecular formula is C18H18F2N4O4. The predicted molar refractivity (Wildman–Crippen MR) is 89.8 cm³/mol. The lowest BCUT2D eigenvalue weighted by atomic mass is 9.77. The number of hydrogen-bond acceptors (Lipinski definition) is 6. The first-order chi connectivity index (χ1) is 13.4. The third-order valence-corrected chi connectivity index (χ3v) is 5.83. The summed E-state index contributed by atoms with van der Waals surface area (Å²) in [5, 5.41) is 14.6. The second-order valence-electron chi connectivity index (χ2n) is 7.51. The SMILES string of the molecule is O=C(c1cccc2c1OC(F)(F)O2)N1C[C@H]2C[C@@H](n3cncn3)[C@H](O)C[C@H]2C1. The van der Waals surface area contributed by atoms with Gasteiger partial charge in [0.2, 0.25) is 0 Å². The van der Waals surface area contributed by atoms with Gasteiger partial charge >= 0.3 is 6.29 Å². The molecule has 2 fully saturated rings. The summed E-state index contributed by atoms with van der Waals surface area (Å²) in [6.45, 7) is 0.952. The fourth-order valence-electron chi connectivity index (χ4n) is 4.55. The average molecular weight is 392 g/mol. The van der Waals surface area contributed by atoms with Crippen LogP contribution < -0.4 is 9.47 Å². The molecule has 1 saturated heterocycles. The van der Waals surface area contributed by atoms with Crippen LogP contribution in [0.25, 0.3) is 0 Å². The van der Waals surface area contributed by atoms with Crippen molar-refractivity contribution in [3.63, 3.8) is 0 Å². The highest BCUT2D eigenvalue weighted by Gasteiger charge is 2.47. The van der Waals surface area contributed by atoms with Gasteiger partial charge in [-0.05, 0) is 36.8 Å². The standard InChI is InChI=1S/C18H18F2N4O4/c19-18(20)27-15-3-1-2-12(16(15)28-18)17(26)23-6-10-4-13(24-9-21-8-22-24)14(25)5-11(10)7-23/h1-3,8-11,13-14,25H,4-7H2/t10-,11+,13-,14-/m1/s1. The van der Waals surface area contributed by atoms with Crippen LogP contribution in [0.5, 0.6) is 11.5 Å². The first-order valence-electron chi connectivity index (χ1n) is 9.11. The highest BCUT2D eigenvalue weighted by atomic mass is 19.3.